The first kappa shape index (κ1) is 16.4. The lowest BCUT2D eigenvalue weighted by Crippen LogP contribution is -3.00. The molecule has 3 nitrogen and oxygen atoms in total. The summed E-state index contributed by atoms with van der Waals surface area (Å²) in [5, 5.41) is 2.00. The topological polar surface area (TPSA) is 68.6 Å². The molecule has 0 aromatic rings. The molecular formula is C2H12ClN3. The summed E-state index contributed by atoms with van der Waals surface area (Å²) in [6, 6.07) is 0. The van der Waals surface area contributed by atoms with Crippen molar-refractivity contribution in [2.24, 2.45) is 11.7 Å². The van der Waals surface area contributed by atoms with Crippen LogP contribution in [0, 0.1) is 0 Å². The highest BCUT2D eigenvalue weighted by atomic mass is 35.5. The Morgan fingerprint density at radius 3 is 1.17 bits per heavy atom. The quantitative estimate of drug-likeness (QED) is 0.217. The Morgan fingerprint density at radius 1 is 1.17 bits per heavy atom. The molecule has 0 atom stereocenters. The van der Waals surface area contributed by atoms with Gasteiger partial charge in [0.15, 0.2) is 0 Å². The lowest BCUT2D eigenvalue weighted by atomic mass is 11.3. The maximum Gasteiger partial charge on any atom is 0.0647 e. The molecule has 0 unspecified atom stereocenters. The van der Waals surface area contributed by atoms with E-state index in [9.17, 15) is 0 Å². The molecule has 4 heteroatoms. The van der Waals surface area contributed by atoms with Gasteiger partial charge in [0.2, 0.25) is 0 Å². The van der Waals surface area contributed by atoms with Crippen molar-refractivity contribution in [2.45, 2.75) is 0 Å². The van der Waals surface area contributed by atoms with E-state index < -0.39 is 0 Å². The Hall–Kier alpha value is 0.170. The minimum Gasteiger partial charge on any atom is -1.00 e. The summed E-state index contributed by atoms with van der Waals surface area (Å²) in [6.45, 7) is 0. The number of hydrazine groups is 1. The third kappa shape index (κ3) is 1450. The second-order valence-electron chi connectivity index (χ2n) is 0.577. The highest BCUT2D eigenvalue weighted by molar-refractivity contribution is 3.35. The second-order valence-corrected chi connectivity index (χ2v) is 0.577. The van der Waals surface area contributed by atoms with E-state index in [2.05, 4.69) is 11.7 Å². The van der Waals surface area contributed by atoms with Gasteiger partial charge < -0.3 is 17.7 Å². The Morgan fingerprint density at radius 2 is 1.17 bits per heavy atom. The molecular weight excluding hydrogens is 101 g/mol. The van der Waals surface area contributed by atoms with Crippen LogP contribution in [0.3, 0.4) is 0 Å². The Bertz CT molecular complexity index is 8.75. The monoisotopic (exact) mass is 113 g/mol. The standard InChI is InChI=1S/C2H7N.ClH.H4N2/c1-3-2;;1-2/h3H,1-2H3;1H;1-2H2. The van der Waals surface area contributed by atoms with Crippen LogP contribution >= 0.6 is 0 Å². The summed E-state index contributed by atoms with van der Waals surface area (Å²) in [5.41, 5.74) is 0. The van der Waals surface area contributed by atoms with Crippen molar-refractivity contribution in [1.82, 2.24) is 0 Å². The zero-order valence-corrected chi connectivity index (χ0v) is 4.87. The summed E-state index contributed by atoms with van der Waals surface area (Å²) >= 11 is 0. The van der Waals surface area contributed by atoms with Crippen molar-refractivity contribution >= 4 is 0 Å². The molecule has 6 N–H and O–H groups in total. The van der Waals surface area contributed by atoms with Crippen molar-refractivity contribution < 1.29 is 17.7 Å². The number of hydrogen-bond acceptors (Lipinski definition) is 2. The fourth-order valence-electron chi connectivity index (χ4n) is 0. The predicted octanol–water partition coefficient (Wildman–Crippen LogP) is -5.37. The summed E-state index contributed by atoms with van der Waals surface area (Å²) in [5.74, 6) is 8.00. The first-order chi connectivity index (χ1) is 2.41. The van der Waals surface area contributed by atoms with E-state index in [1.54, 1.807) is 0 Å². The van der Waals surface area contributed by atoms with Crippen LogP contribution in [-0.2, 0) is 0 Å². The first-order valence-corrected chi connectivity index (χ1v) is 1.49. The number of hydrogen-bond donors (Lipinski definition) is 3. The molecule has 42 valence electrons. The van der Waals surface area contributed by atoms with E-state index in [0.717, 1.165) is 0 Å². The van der Waals surface area contributed by atoms with Gasteiger partial charge in [-0.1, -0.05) is 0 Å². The molecule has 0 rings (SSSR count). The molecule has 0 spiro atoms. The minimum absolute atomic E-state index is 0. The summed E-state index contributed by atoms with van der Waals surface area (Å²) in [4.78, 5) is 0. The lowest BCUT2D eigenvalue weighted by molar-refractivity contribution is -0.597. The molecule has 0 aromatic carbocycles. The van der Waals surface area contributed by atoms with Crippen LogP contribution < -0.4 is 29.4 Å². The van der Waals surface area contributed by atoms with Crippen molar-refractivity contribution in [3.63, 3.8) is 0 Å². The zero-order chi connectivity index (χ0) is 4.71. The van der Waals surface area contributed by atoms with Crippen molar-refractivity contribution in [3.8, 4) is 0 Å². The normalized spacial score (nSPS) is 4.00. The SMILES string of the molecule is C[NH2+]C.NN.[Cl-]. The van der Waals surface area contributed by atoms with Gasteiger partial charge >= 0.3 is 0 Å². The van der Waals surface area contributed by atoms with E-state index >= 15 is 0 Å². The summed E-state index contributed by atoms with van der Waals surface area (Å²) < 4.78 is 0. The molecule has 0 heterocycles. The van der Waals surface area contributed by atoms with Crippen molar-refractivity contribution in [1.29, 1.82) is 0 Å². The highest BCUT2D eigenvalue weighted by Crippen LogP contribution is 0.586. The van der Waals surface area contributed by atoms with Crippen LogP contribution in [0.25, 0.3) is 0 Å². The van der Waals surface area contributed by atoms with Gasteiger partial charge in [-0.2, -0.15) is 0 Å². The van der Waals surface area contributed by atoms with Gasteiger partial charge in [-0.3, -0.25) is 11.7 Å². The zero-order valence-electron chi connectivity index (χ0n) is 4.11. The maximum absolute atomic E-state index is 4.00. The van der Waals surface area contributed by atoms with Crippen molar-refractivity contribution in [3.05, 3.63) is 0 Å². The largest absolute Gasteiger partial charge is 1.00 e. The molecule has 0 radical (unpaired) electrons. The number of halogens is 1. The van der Waals surface area contributed by atoms with Gasteiger partial charge in [0.1, 0.15) is 0 Å². The fourth-order valence-corrected chi connectivity index (χ4v) is 0. The molecule has 0 bridgehead atoms. The fraction of sp³-hybridized carbons (Fsp3) is 1.00. The van der Waals surface area contributed by atoms with Gasteiger partial charge in [0, 0.05) is 0 Å². The lowest BCUT2D eigenvalue weighted by Gasteiger charge is -1.57. The Labute approximate surface area is 44.5 Å². The van der Waals surface area contributed by atoms with Crippen molar-refractivity contribution in [2.75, 3.05) is 14.1 Å². The van der Waals surface area contributed by atoms with Crippen LogP contribution in [0.2, 0.25) is 0 Å². The summed E-state index contributed by atoms with van der Waals surface area (Å²) in [6.07, 6.45) is 0. The van der Waals surface area contributed by atoms with Crippen LogP contribution in [0.4, 0.5) is 0 Å². The average molecular weight is 114 g/mol. The molecule has 6 heavy (non-hydrogen) atoms. The third-order valence-electron chi connectivity index (χ3n) is 0. The summed E-state index contributed by atoms with van der Waals surface area (Å²) in [7, 11) is 4.00. The number of rotatable bonds is 0. The smallest absolute Gasteiger partial charge is 0.0647 e. The van der Waals surface area contributed by atoms with Gasteiger partial charge in [-0.05, 0) is 0 Å². The third-order valence-corrected chi connectivity index (χ3v) is 0. The van der Waals surface area contributed by atoms with Gasteiger partial charge in [-0.15, -0.1) is 0 Å². The molecule has 0 aromatic heterocycles. The molecule has 0 saturated carbocycles. The van der Waals surface area contributed by atoms with Crippen LogP contribution in [0.1, 0.15) is 0 Å². The van der Waals surface area contributed by atoms with Gasteiger partial charge in [0.05, 0.1) is 14.1 Å². The van der Waals surface area contributed by atoms with Gasteiger partial charge in [0.25, 0.3) is 0 Å². The molecule has 0 fully saturated rings. The molecule has 0 aliphatic heterocycles. The van der Waals surface area contributed by atoms with E-state index in [1.807, 2.05) is 19.4 Å². The van der Waals surface area contributed by atoms with E-state index in [-0.39, 0.29) is 12.4 Å². The average Bonchev–Trinajstić information content (AvgIpc) is 1.46. The van der Waals surface area contributed by atoms with Gasteiger partial charge in [-0.25, -0.2) is 0 Å². The molecule has 0 saturated heterocycles. The number of quaternary nitrogens is 1. The molecule has 0 aliphatic rings. The Kier molecular flexibility index (Phi) is 180. The highest BCUT2D eigenvalue weighted by Gasteiger charge is 1.29. The van der Waals surface area contributed by atoms with Crippen LogP contribution in [-0.4, -0.2) is 14.1 Å². The van der Waals surface area contributed by atoms with Crippen LogP contribution in [0.15, 0.2) is 0 Å². The van der Waals surface area contributed by atoms with Crippen LogP contribution in [0.5, 0.6) is 0 Å². The second kappa shape index (κ2) is 65.7. The predicted molar refractivity (Wildman–Crippen MR) is 22.1 cm³/mol. The van der Waals surface area contributed by atoms with E-state index in [1.165, 1.54) is 0 Å². The van der Waals surface area contributed by atoms with E-state index in [4.69, 9.17) is 0 Å². The number of nitrogens with two attached hydrogens (primary N) is 3. The molecule has 0 amide bonds. The first-order valence-electron chi connectivity index (χ1n) is 1.49. The van der Waals surface area contributed by atoms with E-state index in [0.29, 0.717) is 0 Å². The maximum atomic E-state index is 4.00. The Balaban J connectivity index is -0.0000000275. The minimum atomic E-state index is 0. The molecule has 0 aliphatic carbocycles.